The van der Waals surface area contributed by atoms with Crippen LogP contribution in [0.4, 0.5) is 10.1 Å². The summed E-state index contributed by atoms with van der Waals surface area (Å²) in [7, 11) is -1.76. The Kier molecular flexibility index (Phi) is 6.71. The maximum atomic E-state index is 14.0. The minimum absolute atomic E-state index is 0.180. The van der Waals surface area contributed by atoms with Gasteiger partial charge in [-0.15, -0.1) is 22.0 Å². The summed E-state index contributed by atoms with van der Waals surface area (Å²) >= 11 is 7.42. The van der Waals surface area contributed by atoms with Gasteiger partial charge >= 0.3 is 0 Å². The molecule has 2 rings (SSSR count). The molecule has 0 atom stereocenters. The smallest absolute Gasteiger partial charge is 0.192 e. The van der Waals surface area contributed by atoms with Crippen LogP contribution in [0.5, 0.6) is 0 Å². The van der Waals surface area contributed by atoms with Crippen molar-refractivity contribution in [1.29, 1.82) is 0 Å². The normalized spacial score (nSPS) is 12.4. The SMILES string of the molecule is CC(C)(C)[Si](C)(C)OCCSc1nnc(-c2cc(Cl)ccc2F)cc1N. The van der Waals surface area contributed by atoms with Crippen LogP contribution in [-0.2, 0) is 4.43 Å². The van der Waals surface area contributed by atoms with Crippen molar-refractivity contribution in [3.8, 4) is 11.3 Å². The Morgan fingerprint density at radius 1 is 1.23 bits per heavy atom. The molecule has 142 valence electrons. The Balaban J connectivity index is 2.01. The van der Waals surface area contributed by atoms with Gasteiger partial charge in [0.2, 0.25) is 0 Å². The quantitative estimate of drug-likeness (QED) is 0.377. The molecule has 2 N–H and O–H groups in total. The first kappa shape index (κ1) is 21.2. The summed E-state index contributed by atoms with van der Waals surface area (Å²) in [6.07, 6.45) is 0. The molecule has 0 spiro atoms. The maximum Gasteiger partial charge on any atom is 0.192 e. The molecule has 8 heteroatoms. The fraction of sp³-hybridized carbons (Fsp3) is 0.444. The fourth-order valence-corrected chi connectivity index (χ4v) is 4.03. The first-order valence-electron chi connectivity index (χ1n) is 8.36. The third kappa shape index (κ3) is 5.19. The highest BCUT2D eigenvalue weighted by atomic mass is 35.5. The highest BCUT2D eigenvalue weighted by molar-refractivity contribution is 7.99. The molecule has 2 aromatic rings. The lowest BCUT2D eigenvalue weighted by Gasteiger charge is -2.36. The maximum absolute atomic E-state index is 14.0. The van der Waals surface area contributed by atoms with E-state index in [1.54, 1.807) is 6.07 Å². The summed E-state index contributed by atoms with van der Waals surface area (Å²) in [6, 6.07) is 5.93. The number of hydrogen-bond acceptors (Lipinski definition) is 5. The average molecular weight is 414 g/mol. The van der Waals surface area contributed by atoms with E-state index in [9.17, 15) is 4.39 Å². The second kappa shape index (κ2) is 8.25. The molecule has 0 saturated heterocycles. The Morgan fingerprint density at radius 3 is 2.54 bits per heavy atom. The minimum atomic E-state index is -1.76. The van der Waals surface area contributed by atoms with Crippen molar-refractivity contribution in [3.63, 3.8) is 0 Å². The molecule has 0 radical (unpaired) electrons. The van der Waals surface area contributed by atoms with Crippen LogP contribution in [-0.4, -0.2) is 30.9 Å². The van der Waals surface area contributed by atoms with Gasteiger partial charge in [-0.3, -0.25) is 0 Å². The number of hydrogen-bond donors (Lipinski definition) is 1. The van der Waals surface area contributed by atoms with Gasteiger partial charge in [-0.2, -0.15) is 0 Å². The third-order valence-electron chi connectivity index (χ3n) is 4.58. The summed E-state index contributed by atoms with van der Waals surface area (Å²) in [4.78, 5) is 0. The van der Waals surface area contributed by atoms with Crippen LogP contribution in [0.2, 0.25) is 23.2 Å². The summed E-state index contributed by atoms with van der Waals surface area (Å²) in [5.41, 5.74) is 7.19. The van der Waals surface area contributed by atoms with Crippen molar-refractivity contribution in [2.24, 2.45) is 0 Å². The number of benzene rings is 1. The van der Waals surface area contributed by atoms with E-state index in [0.29, 0.717) is 28.0 Å². The van der Waals surface area contributed by atoms with Gasteiger partial charge in [0.15, 0.2) is 8.32 Å². The predicted octanol–water partition coefficient (Wildman–Crippen LogP) is 5.63. The third-order valence-corrected chi connectivity index (χ3v) is 10.3. The topological polar surface area (TPSA) is 61.0 Å². The van der Waals surface area contributed by atoms with E-state index < -0.39 is 14.1 Å². The van der Waals surface area contributed by atoms with E-state index in [-0.39, 0.29) is 10.6 Å². The van der Waals surface area contributed by atoms with Crippen molar-refractivity contribution >= 4 is 37.4 Å². The van der Waals surface area contributed by atoms with E-state index in [1.165, 1.54) is 30.0 Å². The lowest BCUT2D eigenvalue weighted by Crippen LogP contribution is -2.41. The van der Waals surface area contributed by atoms with Gasteiger partial charge < -0.3 is 10.2 Å². The number of aromatic nitrogens is 2. The van der Waals surface area contributed by atoms with Crippen LogP contribution >= 0.6 is 23.4 Å². The molecule has 1 aromatic heterocycles. The number of halogens is 2. The standard InChI is InChI=1S/C18H25ClFN3OSSi/c1-18(2,3)26(4,5)24-8-9-25-17-15(21)11-16(22-23-17)13-10-12(19)6-7-14(13)20/h6-7,10-11H,8-9H2,1-5H3,(H2,21,22). The van der Waals surface area contributed by atoms with Crippen molar-refractivity contribution in [1.82, 2.24) is 10.2 Å². The zero-order valence-corrected chi connectivity index (χ0v) is 18.3. The monoisotopic (exact) mass is 413 g/mol. The van der Waals surface area contributed by atoms with Crippen LogP contribution in [0, 0.1) is 5.82 Å². The lowest BCUT2D eigenvalue weighted by atomic mass is 10.1. The minimum Gasteiger partial charge on any atom is -0.416 e. The van der Waals surface area contributed by atoms with Gasteiger partial charge in [0.05, 0.1) is 11.4 Å². The average Bonchev–Trinajstić information content (AvgIpc) is 2.54. The van der Waals surface area contributed by atoms with Gasteiger partial charge in [-0.25, -0.2) is 4.39 Å². The largest absolute Gasteiger partial charge is 0.416 e. The molecule has 0 fully saturated rings. The van der Waals surface area contributed by atoms with Gasteiger partial charge in [0.1, 0.15) is 10.8 Å². The van der Waals surface area contributed by atoms with Crippen LogP contribution < -0.4 is 5.73 Å². The van der Waals surface area contributed by atoms with Crippen molar-refractivity contribution in [2.45, 2.75) is 43.9 Å². The summed E-state index contributed by atoms with van der Waals surface area (Å²) < 4.78 is 20.1. The first-order valence-corrected chi connectivity index (χ1v) is 12.6. The first-order chi connectivity index (χ1) is 12.0. The lowest BCUT2D eigenvalue weighted by molar-refractivity contribution is 0.311. The zero-order chi connectivity index (χ0) is 19.5. The van der Waals surface area contributed by atoms with Gasteiger partial charge in [-0.1, -0.05) is 32.4 Å². The fourth-order valence-electron chi connectivity index (χ4n) is 1.98. The second-order valence-corrected chi connectivity index (χ2v) is 13.9. The Hall–Kier alpha value is -1.15. The molecule has 0 amide bonds. The molecule has 0 aliphatic heterocycles. The molecule has 0 saturated carbocycles. The Morgan fingerprint density at radius 2 is 1.92 bits per heavy atom. The van der Waals surface area contributed by atoms with Crippen LogP contribution in [0.1, 0.15) is 20.8 Å². The van der Waals surface area contributed by atoms with E-state index in [0.717, 1.165) is 5.75 Å². The second-order valence-electron chi connectivity index (χ2n) is 7.57. The van der Waals surface area contributed by atoms with E-state index in [2.05, 4.69) is 44.1 Å². The highest BCUT2D eigenvalue weighted by Gasteiger charge is 2.36. The number of nitrogens with two attached hydrogens (primary N) is 1. The van der Waals surface area contributed by atoms with Crippen LogP contribution in [0.25, 0.3) is 11.3 Å². The Labute approximate surface area is 164 Å². The number of nitrogen functional groups attached to an aromatic ring is 1. The van der Waals surface area contributed by atoms with Gasteiger partial charge in [0.25, 0.3) is 0 Å². The van der Waals surface area contributed by atoms with Crippen LogP contribution in [0.3, 0.4) is 0 Å². The van der Waals surface area contributed by atoms with Crippen molar-refractivity contribution in [3.05, 3.63) is 35.1 Å². The molecule has 1 aromatic carbocycles. The number of rotatable bonds is 6. The number of anilines is 1. The molecule has 0 bridgehead atoms. The molecular formula is C18H25ClFN3OSSi. The number of nitrogens with zero attached hydrogens (tertiary/aromatic N) is 2. The molecule has 0 unspecified atom stereocenters. The molecule has 4 nitrogen and oxygen atoms in total. The van der Waals surface area contributed by atoms with Crippen molar-refractivity contribution < 1.29 is 8.82 Å². The van der Waals surface area contributed by atoms with Gasteiger partial charge in [-0.05, 0) is 42.4 Å². The molecule has 0 aliphatic rings. The zero-order valence-electron chi connectivity index (χ0n) is 15.8. The van der Waals surface area contributed by atoms with E-state index >= 15 is 0 Å². The Bertz CT molecular complexity index is 784. The predicted molar refractivity (Wildman–Crippen MR) is 111 cm³/mol. The molecular weight excluding hydrogens is 389 g/mol. The summed E-state index contributed by atoms with van der Waals surface area (Å²) in [5, 5.41) is 9.47. The summed E-state index contributed by atoms with van der Waals surface area (Å²) in [6.45, 7) is 11.7. The highest BCUT2D eigenvalue weighted by Crippen LogP contribution is 2.37. The molecule has 1 heterocycles. The molecule has 0 aliphatic carbocycles. The van der Waals surface area contributed by atoms with E-state index in [1.807, 2.05) is 0 Å². The molecule has 26 heavy (non-hydrogen) atoms. The summed E-state index contributed by atoms with van der Waals surface area (Å²) in [5.74, 6) is 0.322. The van der Waals surface area contributed by atoms with Crippen molar-refractivity contribution in [2.75, 3.05) is 18.1 Å². The van der Waals surface area contributed by atoms with Gasteiger partial charge in [0, 0.05) is 22.9 Å². The van der Waals surface area contributed by atoms with Crippen LogP contribution in [0.15, 0.2) is 29.3 Å². The number of thioether (sulfide) groups is 1. The van der Waals surface area contributed by atoms with E-state index in [4.69, 9.17) is 21.8 Å².